The monoisotopic (exact) mass is 337 g/mol. The van der Waals surface area contributed by atoms with Crippen LogP contribution < -0.4 is 5.32 Å². The second-order valence-electron chi connectivity index (χ2n) is 7.54. The van der Waals surface area contributed by atoms with Crippen LogP contribution in [0.2, 0.25) is 0 Å². The highest BCUT2D eigenvalue weighted by molar-refractivity contribution is 5.48. The number of nitrogens with zero attached hydrogens (tertiary/aromatic N) is 4. The second-order valence-corrected chi connectivity index (χ2v) is 7.54. The number of anilines is 1. The van der Waals surface area contributed by atoms with Crippen molar-refractivity contribution in [3.8, 4) is 0 Å². The summed E-state index contributed by atoms with van der Waals surface area (Å²) in [6.07, 6.45) is 7.60. The summed E-state index contributed by atoms with van der Waals surface area (Å²) in [7, 11) is 2.19. The third-order valence-electron chi connectivity index (χ3n) is 5.19. The van der Waals surface area contributed by atoms with E-state index in [9.17, 15) is 0 Å². The van der Waals surface area contributed by atoms with Gasteiger partial charge in [0.1, 0.15) is 11.6 Å². The van der Waals surface area contributed by atoms with E-state index < -0.39 is 0 Å². The molecule has 0 aromatic carbocycles. The highest BCUT2D eigenvalue weighted by atomic mass is 15.1. The fourth-order valence-electron chi connectivity index (χ4n) is 3.45. The molecule has 25 heavy (non-hydrogen) atoms. The molecule has 1 saturated carbocycles. The minimum absolute atomic E-state index is 0.712. The standard InChI is InChI=1S/C20H27N5/c1-14-5-8-21-16(11-14)13-22-20-17-6-9-25(2)10-7-18(17)23-19(24-20)12-15-3-4-15/h5,8,11,15H,3-4,6-7,9-10,12-13H2,1-2H3,(H,22,23,24). The van der Waals surface area contributed by atoms with Crippen LogP contribution in [0.3, 0.4) is 0 Å². The van der Waals surface area contributed by atoms with Gasteiger partial charge in [-0.3, -0.25) is 4.98 Å². The molecular formula is C20H27N5. The van der Waals surface area contributed by atoms with Gasteiger partial charge in [0.15, 0.2) is 0 Å². The zero-order valence-electron chi connectivity index (χ0n) is 15.3. The molecule has 4 rings (SSSR count). The Balaban J connectivity index is 1.59. The minimum atomic E-state index is 0.712. The lowest BCUT2D eigenvalue weighted by Crippen LogP contribution is -2.20. The topological polar surface area (TPSA) is 53.9 Å². The summed E-state index contributed by atoms with van der Waals surface area (Å²) in [6, 6.07) is 4.16. The van der Waals surface area contributed by atoms with Crippen LogP contribution in [-0.4, -0.2) is 40.0 Å². The summed E-state index contributed by atoms with van der Waals surface area (Å²) in [6.45, 7) is 4.96. The molecule has 5 heteroatoms. The number of hydrogen-bond acceptors (Lipinski definition) is 5. The van der Waals surface area contributed by atoms with Gasteiger partial charge in [0.05, 0.1) is 17.9 Å². The molecule has 5 nitrogen and oxygen atoms in total. The van der Waals surface area contributed by atoms with E-state index in [1.807, 2.05) is 12.3 Å². The van der Waals surface area contributed by atoms with E-state index in [2.05, 4.69) is 35.2 Å². The maximum atomic E-state index is 4.92. The summed E-state index contributed by atoms with van der Waals surface area (Å²) >= 11 is 0. The van der Waals surface area contributed by atoms with E-state index in [1.54, 1.807) is 0 Å². The Hall–Kier alpha value is -2.01. The first kappa shape index (κ1) is 16.5. The van der Waals surface area contributed by atoms with E-state index >= 15 is 0 Å². The SMILES string of the molecule is Cc1ccnc(CNc2nc(CC3CC3)nc3c2CCN(C)CC3)c1. The molecule has 0 bridgehead atoms. The van der Waals surface area contributed by atoms with Crippen molar-refractivity contribution >= 4 is 5.82 Å². The predicted octanol–water partition coefficient (Wildman–Crippen LogP) is 2.78. The number of aryl methyl sites for hydroxylation is 1. The van der Waals surface area contributed by atoms with E-state index in [1.165, 1.54) is 29.7 Å². The summed E-state index contributed by atoms with van der Waals surface area (Å²) in [5, 5.41) is 3.56. The Morgan fingerprint density at radius 2 is 2.04 bits per heavy atom. The molecule has 1 aliphatic heterocycles. The molecule has 1 fully saturated rings. The van der Waals surface area contributed by atoms with E-state index in [4.69, 9.17) is 9.97 Å². The zero-order chi connectivity index (χ0) is 17.2. The van der Waals surface area contributed by atoms with Gasteiger partial charge in [-0.2, -0.15) is 0 Å². The lowest BCUT2D eigenvalue weighted by molar-refractivity contribution is 0.352. The van der Waals surface area contributed by atoms with Crippen molar-refractivity contribution in [3.05, 3.63) is 46.7 Å². The molecule has 0 radical (unpaired) electrons. The molecule has 0 saturated heterocycles. The molecular weight excluding hydrogens is 310 g/mol. The Kier molecular flexibility index (Phi) is 4.66. The molecule has 0 unspecified atom stereocenters. The molecule has 0 amide bonds. The fraction of sp³-hybridized carbons (Fsp3) is 0.550. The fourth-order valence-corrected chi connectivity index (χ4v) is 3.45. The molecule has 132 valence electrons. The van der Waals surface area contributed by atoms with Crippen LogP contribution in [0.4, 0.5) is 5.82 Å². The van der Waals surface area contributed by atoms with Crippen molar-refractivity contribution in [1.29, 1.82) is 0 Å². The number of fused-ring (bicyclic) bond motifs is 1. The molecule has 2 aromatic rings. The van der Waals surface area contributed by atoms with Crippen LogP contribution in [0.25, 0.3) is 0 Å². The van der Waals surface area contributed by atoms with Crippen LogP contribution in [0.15, 0.2) is 18.3 Å². The van der Waals surface area contributed by atoms with Crippen LogP contribution >= 0.6 is 0 Å². The van der Waals surface area contributed by atoms with Gasteiger partial charge in [0.25, 0.3) is 0 Å². The Morgan fingerprint density at radius 3 is 2.84 bits per heavy atom. The van der Waals surface area contributed by atoms with E-state index in [0.717, 1.165) is 55.6 Å². The average Bonchev–Trinajstić information content (AvgIpc) is 3.42. The van der Waals surface area contributed by atoms with Gasteiger partial charge in [-0.15, -0.1) is 0 Å². The summed E-state index contributed by atoms with van der Waals surface area (Å²) in [5.41, 5.74) is 4.84. The maximum Gasteiger partial charge on any atom is 0.133 e. The maximum absolute atomic E-state index is 4.92. The summed E-state index contributed by atoms with van der Waals surface area (Å²) in [5.74, 6) is 2.85. The Labute approximate surface area is 149 Å². The lowest BCUT2D eigenvalue weighted by Gasteiger charge is -2.15. The van der Waals surface area contributed by atoms with Crippen LogP contribution in [0.1, 0.15) is 41.2 Å². The number of rotatable bonds is 5. The normalized spacial score (nSPS) is 17.8. The molecule has 1 aliphatic carbocycles. The molecule has 0 spiro atoms. The third-order valence-corrected chi connectivity index (χ3v) is 5.19. The molecule has 2 aliphatic rings. The quantitative estimate of drug-likeness (QED) is 0.909. The number of aromatic nitrogens is 3. The first-order valence-electron chi connectivity index (χ1n) is 9.40. The van der Waals surface area contributed by atoms with E-state index in [-0.39, 0.29) is 0 Å². The van der Waals surface area contributed by atoms with Gasteiger partial charge in [-0.1, -0.05) is 0 Å². The van der Waals surface area contributed by atoms with Crippen LogP contribution in [0, 0.1) is 12.8 Å². The molecule has 1 N–H and O–H groups in total. The van der Waals surface area contributed by atoms with Crippen LogP contribution in [0.5, 0.6) is 0 Å². The van der Waals surface area contributed by atoms with Gasteiger partial charge < -0.3 is 10.2 Å². The Bertz CT molecular complexity index is 754. The second kappa shape index (κ2) is 7.08. The first-order valence-corrected chi connectivity index (χ1v) is 9.40. The van der Waals surface area contributed by atoms with Gasteiger partial charge in [0, 0.05) is 37.7 Å². The van der Waals surface area contributed by atoms with Crippen molar-refractivity contribution in [2.75, 3.05) is 25.5 Å². The lowest BCUT2D eigenvalue weighted by atomic mass is 10.1. The highest BCUT2D eigenvalue weighted by Crippen LogP contribution is 2.32. The van der Waals surface area contributed by atoms with Gasteiger partial charge in [-0.25, -0.2) is 9.97 Å². The van der Waals surface area contributed by atoms with Crippen molar-refractivity contribution in [1.82, 2.24) is 19.9 Å². The summed E-state index contributed by atoms with van der Waals surface area (Å²) < 4.78 is 0. The first-order chi connectivity index (χ1) is 12.2. The smallest absolute Gasteiger partial charge is 0.133 e. The van der Waals surface area contributed by atoms with Crippen molar-refractivity contribution in [3.63, 3.8) is 0 Å². The van der Waals surface area contributed by atoms with Crippen molar-refractivity contribution in [2.45, 2.75) is 45.6 Å². The van der Waals surface area contributed by atoms with Gasteiger partial charge in [0.2, 0.25) is 0 Å². The van der Waals surface area contributed by atoms with E-state index in [0.29, 0.717) is 6.54 Å². The molecule has 3 heterocycles. The van der Waals surface area contributed by atoms with Gasteiger partial charge in [-0.05, 0) is 56.8 Å². The van der Waals surface area contributed by atoms with Crippen molar-refractivity contribution in [2.24, 2.45) is 5.92 Å². The van der Waals surface area contributed by atoms with Crippen molar-refractivity contribution < 1.29 is 0 Å². The Morgan fingerprint density at radius 1 is 1.20 bits per heavy atom. The molecule has 0 atom stereocenters. The third kappa shape index (κ3) is 4.15. The minimum Gasteiger partial charge on any atom is -0.364 e. The number of nitrogens with one attached hydrogen (secondary N) is 1. The highest BCUT2D eigenvalue weighted by Gasteiger charge is 2.25. The number of pyridine rings is 1. The number of likely N-dealkylation sites (N-methyl/N-ethyl adjacent to an activating group) is 1. The van der Waals surface area contributed by atoms with Gasteiger partial charge >= 0.3 is 0 Å². The summed E-state index contributed by atoms with van der Waals surface area (Å²) in [4.78, 5) is 16.7. The average molecular weight is 337 g/mol. The largest absolute Gasteiger partial charge is 0.364 e. The zero-order valence-corrected chi connectivity index (χ0v) is 15.3. The van der Waals surface area contributed by atoms with Crippen LogP contribution in [-0.2, 0) is 25.8 Å². The predicted molar refractivity (Wildman–Crippen MR) is 99.7 cm³/mol. The number of hydrogen-bond donors (Lipinski definition) is 1. The molecule has 2 aromatic heterocycles.